The van der Waals surface area contributed by atoms with E-state index in [4.69, 9.17) is 24.3 Å². The standard InChI is InChI=1S/C43H88NO7P/c1-3-5-7-9-11-13-15-17-19-21-22-24-26-28-30-32-34-36-43(45)51-42(41-50-52(46,47)49-39-37-44)40-48-38-35-33-31-29-27-25-23-20-18-16-14-12-10-8-6-4-2/h42H,3-41,44H2,1-2H3,(H,46,47). The van der Waals surface area contributed by atoms with E-state index in [1.807, 2.05) is 0 Å². The molecule has 0 bridgehead atoms. The second kappa shape index (κ2) is 41.7. The molecule has 52 heavy (non-hydrogen) atoms. The predicted molar refractivity (Wildman–Crippen MR) is 220 cm³/mol. The number of hydrogen-bond acceptors (Lipinski definition) is 7. The summed E-state index contributed by atoms with van der Waals surface area (Å²) in [7, 11) is -4.27. The summed E-state index contributed by atoms with van der Waals surface area (Å²) in [6.07, 6.45) is 42.6. The zero-order valence-corrected chi connectivity index (χ0v) is 35.5. The molecule has 0 aliphatic rings. The molecule has 8 nitrogen and oxygen atoms in total. The van der Waals surface area contributed by atoms with Crippen molar-refractivity contribution in [2.75, 3.05) is 33.0 Å². The van der Waals surface area contributed by atoms with Crippen LogP contribution in [-0.4, -0.2) is 49.9 Å². The summed E-state index contributed by atoms with van der Waals surface area (Å²) in [5, 5.41) is 0. The molecule has 312 valence electrons. The van der Waals surface area contributed by atoms with Gasteiger partial charge in [-0.15, -0.1) is 0 Å². The van der Waals surface area contributed by atoms with E-state index in [1.165, 1.54) is 180 Å². The third kappa shape index (κ3) is 40.7. The normalized spacial score (nSPS) is 13.4. The highest BCUT2D eigenvalue weighted by Gasteiger charge is 2.25. The summed E-state index contributed by atoms with van der Waals surface area (Å²) in [5.74, 6) is -0.323. The number of hydrogen-bond donors (Lipinski definition) is 2. The number of ether oxygens (including phenoxy) is 2. The van der Waals surface area contributed by atoms with Crippen molar-refractivity contribution >= 4 is 13.8 Å². The molecule has 0 rings (SSSR count). The van der Waals surface area contributed by atoms with Crippen LogP contribution in [0.3, 0.4) is 0 Å². The number of carbonyl (C=O) groups is 1. The lowest BCUT2D eigenvalue weighted by atomic mass is 10.0. The summed E-state index contributed by atoms with van der Waals surface area (Å²) in [6, 6.07) is 0. The van der Waals surface area contributed by atoms with Gasteiger partial charge in [0.15, 0.2) is 0 Å². The van der Waals surface area contributed by atoms with Crippen molar-refractivity contribution < 1.29 is 32.8 Å². The Hall–Kier alpha value is -0.500. The minimum absolute atomic E-state index is 0.0900. The van der Waals surface area contributed by atoms with Crippen molar-refractivity contribution in [2.24, 2.45) is 5.73 Å². The van der Waals surface area contributed by atoms with Crippen LogP contribution in [0.25, 0.3) is 0 Å². The molecule has 0 saturated heterocycles. The van der Waals surface area contributed by atoms with Crippen LogP contribution in [0.2, 0.25) is 0 Å². The molecular weight excluding hydrogens is 673 g/mol. The van der Waals surface area contributed by atoms with Gasteiger partial charge in [0, 0.05) is 19.6 Å². The molecule has 0 spiro atoms. The third-order valence-corrected chi connectivity index (χ3v) is 11.0. The van der Waals surface area contributed by atoms with Crippen molar-refractivity contribution in [2.45, 2.75) is 238 Å². The Morgan fingerprint density at radius 3 is 1.21 bits per heavy atom. The van der Waals surface area contributed by atoms with E-state index in [-0.39, 0.29) is 32.3 Å². The molecule has 2 atom stereocenters. The van der Waals surface area contributed by atoms with E-state index in [9.17, 15) is 14.3 Å². The van der Waals surface area contributed by atoms with Gasteiger partial charge in [0.1, 0.15) is 6.10 Å². The molecule has 0 heterocycles. The smallest absolute Gasteiger partial charge is 0.457 e. The second-order valence-electron chi connectivity index (χ2n) is 15.3. The maximum atomic E-state index is 12.6. The third-order valence-electron chi connectivity index (χ3n) is 10.0. The fourth-order valence-electron chi connectivity index (χ4n) is 6.70. The zero-order valence-electron chi connectivity index (χ0n) is 34.6. The second-order valence-corrected chi connectivity index (χ2v) is 16.7. The minimum Gasteiger partial charge on any atom is -0.457 e. The quantitative estimate of drug-likeness (QED) is 0.0358. The summed E-state index contributed by atoms with van der Waals surface area (Å²) >= 11 is 0. The number of nitrogens with two attached hydrogens (primary N) is 1. The van der Waals surface area contributed by atoms with Crippen molar-refractivity contribution in [3.63, 3.8) is 0 Å². The molecule has 2 unspecified atom stereocenters. The first kappa shape index (κ1) is 51.5. The van der Waals surface area contributed by atoms with Crippen LogP contribution in [0.4, 0.5) is 0 Å². The highest BCUT2D eigenvalue weighted by molar-refractivity contribution is 7.47. The number of phosphoric ester groups is 1. The van der Waals surface area contributed by atoms with Crippen molar-refractivity contribution in [1.82, 2.24) is 0 Å². The average molecular weight is 762 g/mol. The van der Waals surface area contributed by atoms with E-state index in [0.29, 0.717) is 13.0 Å². The number of esters is 1. The van der Waals surface area contributed by atoms with Gasteiger partial charge < -0.3 is 20.1 Å². The van der Waals surface area contributed by atoms with Crippen LogP contribution in [0.1, 0.15) is 232 Å². The first-order chi connectivity index (χ1) is 25.4. The highest BCUT2D eigenvalue weighted by Crippen LogP contribution is 2.43. The SMILES string of the molecule is CCCCCCCCCCCCCCCCCCCC(=O)OC(COCCCCCCCCCCCCCCCCCC)COP(=O)(O)OCCN. The first-order valence-electron chi connectivity index (χ1n) is 22.5. The van der Waals surface area contributed by atoms with Gasteiger partial charge in [-0.2, -0.15) is 0 Å². The Balaban J connectivity index is 3.95. The van der Waals surface area contributed by atoms with Crippen molar-refractivity contribution in [1.29, 1.82) is 0 Å². The van der Waals surface area contributed by atoms with Gasteiger partial charge in [-0.25, -0.2) is 4.57 Å². The molecule has 0 amide bonds. The number of phosphoric acid groups is 1. The number of unbranched alkanes of at least 4 members (excludes halogenated alkanes) is 31. The molecule has 0 aliphatic heterocycles. The van der Waals surface area contributed by atoms with Crippen LogP contribution in [0.5, 0.6) is 0 Å². The van der Waals surface area contributed by atoms with Crippen LogP contribution in [0, 0.1) is 0 Å². The molecule has 0 aromatic heterocycles. The molecule has 0 aliphatic carbocycles. The fourth-order valence-corrected chi connectivity index (χ4v) is 7.47. The number of rotatable bonds is 44. The number of carbonyl (C=O) groups excluding carboxylic acids is 1. The van der Waals surface area contributed by atoms with Gasteiger partial charge in [0.2, 0.25) is 0 Å². The van der Waals surface area contributed by atoms with E-state index in [2.05, 4.69) is 13.8 Å². The minimum atomic E-state index is -4.27. The Labute approximate surface area is 322 Å². The Morgan fingerprint density at radius 2 is 0.846 bits per heavy atom. The maximum Gasteiger partial charge on any atom is 0.472 e. The molecule has 0 aromatic carbocycles. The molecule has 0 saturated carbocycles. The van der Waals surface area contributed by atoms with Crippen LogP contribution in [0.15, 0.2) is 0 Å². The molecule has 3 N–H and O–H groups in total. The lowest BCUT2D eigenvalue weighted by Crippen LogP contribution is -2.28. The largest absolute Gasteiger partial charge is 0.472 e. The van der Waals surface area contributed by atoms with Crippen LogP contribution < -0.4 is 5.73 Å². The molecule has 0 aromatic rings. The summed E-state index contributed by atoms with van der Waals surface area (Å²) in [4.78, 5) is 22.5. The van der Waals surface area contributed by atoms with Gasteiger partial charge in [-0.1, -0.05) is 213 Å². The highest BCUT2D eigenvalue weighted by atomic mass is 31.2. The van der Waals surface area contributed by atoms with E-state index >= 15 is 0 Å². The predicted octanol–water partition coefficient (Wildman–Crippen LogP) is 13.3. The van der Waals surface area contributed by atoms with Gasteiger partial charge in [0.25, 0.3) is 0 Å². The molecule has 9 heteroatoms. The van der Waals surface area contributed by atoms with Crippen LogP contribution in [-0.2, 0) is 27.9 Å². The van der Waals surface area contributed by atoms with Crippen molar-refractivity contribution in [3.8, 4) is 0 Å². The monoisotopic (exact) mass is 762 g/mol. The van der Waals surface area contributed by atoms with Crippen molar-refractivity contribution in [3.05, 3.63) is 0 Å². The Bertz CT molecular complexity index is 772. The maximum absolute atomic E-state index is 12.6. The van der Waals surface area contributed by atoms with E-state index in [1.54, 1.807) is 0 Å². The lowest BCUT2D eigenvalue weighted by Gasteiger charge is -2.20. The zero-order chi connectivity index (χ0) is 38.1. The van der Waals surface area contributed by atoms with Gasteiger partial charge in [-0.05, 0) is 12.8 Å². The molecular formula is C43H88NO7P. The Morgan fingerprint density at radius 1 is 0.500 bits per heavy atom. The molecule has 0 fully saturated rings. The first-order valence-corrected chi connectivity index (χ1v) is 24.0. The van der Waals surface area contributed by atoms with E-state index in [0.717, 1.165) is 32.1 Å². The summed E-state index contributed by atoms with van der Waals surface area (Å²) in [5.41, 5.74) is 5.37. The fraction of sp³-hybridized carbons (Fsp3) is 0.977. The topological polar surface area (TPSA) is 117 Å². The van der Waals surface area contributed by atoms with Crippen LogP contribution >= 0.6 is 7.82 Å². The summed E-state index contributed by atoms with van der Waals surface area (Å²) in [6.45, 7) is 4.99. The average Bonchev–Trinajstić information content (AvgIpc) is 3.13. The van der Waals surface area contributed by atoms with Gasteiger partial charge >= 0.3 is 13.8 Å². The lowest BCUT2D eigenvalue weighted by molar-refractivity contribution is -0.154. The van der Waals surface area contributed by atoms with E-state index < -0.39 is 13.9 Å². The van der Waals surface area contributed by atoms with Gasteiger partial charge in [-0.3, -0.25) is 13.8 Å². The Kier molecular flexibility index (Phi) is 41.3. The van der Waals surface area contributed by atoms with Gasteiger partial charge in [0.05, 0.1) is 19.8 Å². The summed E-state index contributed by atoms with van der Waals surface area (Å²) < 4.78 is 33.5. The molecule has 0 radical (unpaired) electrons.